The molecule has 1 aromatic carbocycles. The molecule has 2 atom stereocenters. The van der Waals surface area contributed by atoms with Gasteiger partial charge in [-0.1, -0.05) is 23.7 Å². The first-order valence-electron chi connectivity index (χ1n) is 7.70. The van der Waals surface area contributed by atoms with Crippen molar-refractivity contribution in [1.29, 1.82) is 0 Å². The summed E-state index contributed by atoms with van der Waals surface area (Å²) in [6.45, 7) is 2.51. The SMILES string of the molecule is Cc1cccc(C(=O)N[C@@H]2CCO[C@H](c3cncn3C)C2)c1Cl. The molecule has 1 saturated heterocycles. The summed E-state index contributed by atoms with van der Waals surface area (Å²) in [5.41, 5.74) is 2.45. The molecular formula is C17H20ClN3O2. The van der Waals surface area contributed by atoms with Crippen molar-refractivity contribution in [2.75, 3.05) is 6.61 Å². The molecular weight excluding hydrogens is 314 g/mol. The number of nitrogens with one attached hydrogen (secondary N) is 1. The summed E-state index contributed by atoms with van der Waals surface area (Å²) in [5, 5.41) is 3.60. The Hall–Kier alpha value is -1.85. The monoisotopic (exact) mass is 333 g/mol. The molecule has 23 heavy (non-hydrogen) atoms. The summed E-state index contributed by atoms with van der Waals surface area (Å²) in [7, 11) is 1.94. The fraction of sp³-hybridized carbons (Fsp3) is 0.412. The van der Waals surface area contributed by atoms with Gasteiger partial charge in [0.15, 0.2) is 0 Å². The van der Waals surface area contributed by atoms with Gasteiger partial charge in [0.1, 0.15) is 6.10 Å². The molecule has 6 heteroatoms. The molecule has 0 bridgehead atoms. The van der Waals surface area contributed by atoms with Crippen LogP contribution in [0.5, 0.6) is 0 Å². The van der Waals surface area contributed by atoms with Crippen LogP contribution >= 0.6 is 11.6 Å². The molecule has 0 radical (unpaired) electrons. The Kier molecular flexibility index (Phi) is 4.68. The van der Waals surface area contributed by atoms with Gasteiger partial charge in [0, 0.05) is 19.7 Å². The van der Waals surface area contributed by atoms with Gasteiger partial charge in [-0.05, 0) is 31.4 Å². The van der Waals surface area contributed by atoms with E-state index in [1.54, 1.807) is 12.4 Å². The second-order valence-electron chi connectivity index (χ2n) is 5.92. The fourth-order valence-corrected chi connectivity index (χ4v) is 3.11. The number of carbonyl (C=O) groups excluding carboxylic acids is 1. The molecule has 2 heterocycles. The van der Waals surface area contributed by atoms with E-state index in [4.69, 9.17) is 16.3 Å². The number of hydrogen-bond donors (Lipinski definition) is 1. The molecule has 1 fully saturated rings. The Morgan fingerprint density at radius 1 is 1.48 bits per heavy atom. The van der Waals surface area contributed by atoms with Crippen molar-refractivity contribution in [2.45, 2.75) is 31.9 Å². The van der Waals surface area contributed by atoms with Crippen molar-refractivity contribution in [3.8, 4) is 0 Å². The van der Waals surface area contributed by atoms with Gasteiger partial charge in [-0.2, -0.15) is 0 Å². The molecule has 1 N–H and O–H groups in total. The van der Waals surface area contributed by atoms with Gasteiger partial charge in [-0.25, -0.2) is 4.98 Å². The number of imidazole rings is 1. The van der Waals surface area contributed by atoms with Crippen molar-refractivity contribution < 1.29 is 9.53 Å². The molecule has 1 amide bonds. The molecule has 5 nitrogen and oxygen atoms in total. The van der Waals surface area contributed by atoms with Crippen LogP contribution in [0.1, 0.15) is 40.6 Å². The number of hydrogen-bond acceptors (Lipinski definition) is 3. The zero-order valence-electron chi connectivity index (χ0n) is 13.3. The first-order valence-corrected chi connectivity index (χ1v) is 8.08. The largest absolute Gasteiger partial charge is 0.372 e. The summed E-state index contributed by atoms with van der Waals surface area (Å²) in [6, 6.07) is 5.56. The lowest BCUT2D eigenvalue weighted by Gasteiger charge is -2.30. The minimum atomic E-state index is -0.130. The van der Waals surface area contributed by atoms with E-state index in [-0.39, 0.29) is 18.1 Å². The maximum absolute atomic E-state index is 12.5. The third-order valence-corrected chi connectivity index (χ3v) is 4.74. The summed E-state index contributed by atoms with van der Waals surface area (Å²) in [4.78, 5) is 16.6. The van der Waals surface area contributed by atoms with Crippen LogP contribution in [0.25, 0.3) is 0 Å². The van der Waals surface area contributed by atoms with E-state index in [9.17, 15) is 4.79 Å². The Balaban J connectivity index is 1.69. The number of nitrogens with zero attached hydrogens (tertiary/aromatic N) is 2. The maximum atomic E-state index is 12.5. The Bertz CT molecular complexity index is 714. The predicted molar refractivity (Wildman–Crippen MR) is 88.6 cm³/mol. The third-order valence-electron chi connectivity index (χ3n) is 4.24. The number of rotatable bonds is 3. The molecule has 0 spiro atoms. The number of aromatic nitrogens is 2. The number of carbonyl (C=O) groups is 1. The van der Waals surface area contributed by atoms with E-state index in [1.165, 1.54) is 0 Å². The number of aryl methyl sites for hydroxylation is 2. The highest BCUT2D eigenvalue weighted by atomic mass is 35.5. The quantitative estimate of drug-likeness (QED) is 0.939. The molecule has 1 aliphatic heterocycles. The molecule has 2 aromatic rings. The van der Waals surface area contributed by atoms with Crippen molar-refractivity contribution in [1.82, 2.24) is 14.9 Å². The summed E-state index contributed by atoms with van der Waals surface area (Å²) in [6.07, 6.45) is 5.05. The average Bonchev–Trinajstić information content (AvgIpc) is 2.96. The van der Waals surface area contributed by atoms with Crippen molar-refractivity contribution in [3.05, 3.63) is 52.6 Å². The van der Waals surface area contributed by atoms with E-state index >= 15 is 0 Å². The molecule has 1 aromatic heterocycles. The number of benzene rings is 1. The van der Waals surface area contributed by atoms with Crippen LogP contribution in [0, 0.1) is 6.92 Å². The van der Waals surface area contributed by atoms with E-state index in [0.717, 1.165) is 24.1 Å². The lowest BCUT2D eigenvalue weighted by molar-refractivity contribution is -0.00301. The highest BCUT2D eigenvalue weighted by molar-refractivity contribution is 6.34. The van der Waals surface area contributed by atoms with Gasteiger partial charge in [0.2, 0.25) is 0 Å². The Morgan fingerprint density at radius 2 is 2.30 bits per heavy atom. The first kappa shape index (κ1) is 16.0. The predicted octanol–water partition coefficient (Wildman–Crippen LogP) is 3.03. The first-order chi connectivity index (χ1) is 11.1. The van der Waals surface area contributed by atoms with E-state index in [0.29, 0.717) is 17.2 Å². The summed E-state index contributed by atoms with van der Waals surface area (Å²) >= 11 is 6.24. The van der Waals surface area contributed by atoms with Crippen LogP contribution < -0.4 is 5.32 Å². The zero-order chi connectivity index (χ0) is 16.4. The second kappa shape index (κ2) is 6.72. The minimum absolute atomic E-state index is 0.0467. The van der Waals surface area contributed by atoms with Gasteiger partial charge >= 0.3 is 0 Å². The number of amides is 1. The molecule has 122 valence electrons. The lowest BCUT2D eigenvalue weighted by atomic mass is 10.0. The van der Waals surface area contributed by atoms with Crippen molar-refractivity contribution >= 4 is 17.5 Å². The van der Waals surface area contributed by atoms with Crippen LogP contribution in [0.15, 0.2) is 30.7 Å². The van der Waals surface area contributed by atoms with E-state index in [2.05, 4.69) is 10.3 Å². The van der Waals surface area contributed by atoms with Gasteiger partial charge < -0.3 is 14.6 Å². The molecule has 3 rings (SSSR count). The molecule has 0 unspecified atom stereocenters. The van der Waals surface area contributed by atoms with Gasteiger partial charge in [0.05, 0.1) is 28.8 Å². The highest BCUT2D eigenvalue weighted by Crippen LogP contribution is 2.28. The van der Waals surface area contributed by atoms with E-state index in [1.807, 2.05) is 36.9 Å². The van der Waals surface area contributed by atoms with Crippen molar-refractivity contribution in [2.24, 2.45) is 7.05 Å². The molecule has 0 aliphatic carbocycles. The highest BCUT2D eigenvalue weighted by Gasteiger charge is 2.27. The minimum Gasteiger partial charge on any atom is -0.372 e. The summed E-state index contributed by atoms with van der Waals surface area (Å²) in [5.74, 6) is -0.130. The van der Waals surface area contributed by atoms with Crippen LogP contribution in [0.4, 0.5) is 0 Å². The van der Waals surface area contributed by atoms with Gasteiger partial charge in [0.25, 0.3) is 5.91 Å². The van der Waals surface area contributed by atoms with Crippen LogP contribution in [-0.2, 0) is 11.8 Å². The average molecular weight is 334 g/mol. The topological polar surface area (TPSA) is 56.1 Å². The Labute approximate surface area is 140 Å². The number of ether oxygens (including phenoxy) is 1. The number of halogens is 1. The van der Waals surface area contributed by atoms with Crippen LogP contribution in [-0.4, -0.2) is 28.1 Å². The Morgan fingerprint density at radius 3 is 3.04 bits per heavy atom. The second-order valence-corrected chi connectivity index (χ2v) is 6.30. The normalized spacial score (nSPS) is 21.2. The molecule has 1 aliphatic rings. The van der Waals surface area contributed by atoms with Gasteiger partial charge in [-0.3, -0.25) is 4.79 Å². The lowest BCUT2D eigenvalue weighted by Crippen LogP contribution is -2.40. The zero-order valence-corrected chi connectivity index (χ0v) is 14.0. The van der Waals surface area contributed by atoms with Crippen LogP contribution in [0.2, 0.25) is 5.02 Å². The van der Waals surface area contributed by atoms with Gasteiger partial charge in [-0.15, -0.1) is 0 Å². The summed E-state index contributed by atoms with van der Waals surface area (Å²) < 4.78 is 7.78. The molecule has 0 saturated carbocycles. The fourth-order valence-electron chi connectivity index (χ4n) is 2.90. The van der Waals surface area contributed by atoms with Crippen LogP contribution in [0.3, 0.4) is 0 Å². The standard InChI is InChI=1S/C17H20ClN3O2/c1-11-4-3-5-13(16(11)18)17(22)20-12-6-7-23-15(8-12)14-9-19-10-21(14)2/h3-5,9-10,12,15H,6-8H2,1-2H3,(H,20,22)/t12-,15+/m1/s1. The van der Waals surface area contributed by atoms with E-state index < -0.39 is 0 Å². The maximum Gasteiger partial charge on any atom is 0.253 e. The smallest absolute Gasteiger partial charge is 0.253 e. The van der Waals surface area contributed by atoms with Crippen molar-refractivity contribution in [3.63, 3.8) is 0 Å². The third kappa shape index (κ3) is 3.41.